The monoisotopic (exact) mass is 256 g/mol. The number of hydrogen-bond donors (Lipinski definition) is 2. The first kappa shape index (κ1) is 11.8. The van der Waals surface area contributed by atoms with E-state index in [2.05, 4.69) is 5.32 Å². The molecule has 1 aliphatic carbocycles. The molecule has 0 saturated carbocycles. The molecule has 0 amide bonds. The summed E-state index contributed by atoms with van der Waals surface area (Å²) in [5.41, 5.74) is 3.08. The predicted octanol–water partition coefficient (Wildman–Crippen LogP) is 2.19. The number of benzene rings is 1. The van der Waals surface area contributed by atoms with Crippen molar-refractivity contribution in [2.45, 2.75) is 18.9 Å². The molecule has 19 heavy (non-hydrogen) atoms. The Bertz CT molecular complexity index is 676. The van der Waals surface area contributed by atoms with Crippen LogP contribution in [0.25, 0.3) is 0 Å². The van der Waals surface area contributed by atoms with Gasteiger partial charge in [0.15, 0.2) is 0 Å². The highest BCUT2D eigenvalue weighted by molar-refractivity contribution is 5.50. The maximum atomic E-state index is 11.4. The highest BCUT2D eigenvalue weighted by atomic mass is 16.3. The molecule has 1 heterocycles. The number of anilines is 1. The zero-order valence-electron chi connectivity index (χ0n) is 10.8. The van der Waals surface area contributed by atoms with Gasteiger partial charge in [0.25, 0.3) is 0 Å². The van der Waals surface area contributed by atoms with Crippen molar-refractivity contribution < 1.29 is 5.11 Å². The average molecular weight is 256 g/mol. The summed E-state index contributed by atoms with van der Waals surface area (Å²) in [5, 5.41) is 13.2. The summed E-state index contributed by atoms with van der Waals surface area (Å²) in [6.45, 7) is 0. The van der Waals surface area contributed by atoms with Crippen LogP contribution in [0.1, 0.15) is 23.6 Å². The Morgan fingerprint density at radius 2 is 2.16 bits per heavy atom. The van der Waals surface area contributed by atoms with Gasteiger partial charge in [0, 0.05) is 19.3 Å². The SMILES string of the molecule is Cn1cc(NC2CCc3c(O)cccc32)ccc1=O. The minimum Gasteiger partial charge on any atom is -0.508 e. The Balaban J connectivity index is 1.88. The van der Waals surface area contributed by atoms with Crippen LogP contribution in [0, 0.1) is 0 Å². The second-order valence-corrected chi connectivity index (χ2v) is 4.95. The summed E-state index contributed by atoms with van der Waals surface area (Å²) >= 11 is 0. The van der Waals surface area contributed by atoms with Crippen LogP contribution in [0.5, 0.6) is 5.75 Å². The minimum atomic E-state index is -0.0185. The van der Waals surface area contributed by atoms with E-state index in [-0.39, 0.29) is 11.6 Å². The number of aryl methyl sites for hydroxylation is 1. The maximum Gasteiger partial charge on any atom is 0.250 e. The molecule has 1 aromatic carbocycles. The Morgan fingerprint density at radius 1 is 1.32 bits per heavy atom. The van der Waals surface area contributed by atoms with Crippen LogP contribution in [0.4, 0.5) is 5.69 Å². The van der Waals surface area contributed by atoms with Gasteiger partial charge < -0.3 is 15.0 Å². The molecule has 1 aromatic heterocycles. The second kappa shape index (κ2) is 4.46. The number of hydrogen-bond acceptors (Lipinski definition) is 3. The number of rotatable bonds is 2. The molecule has 2 aromatic rings. The van der Waals surface area contributed by atoms with Crippen molar-refractivity contribution in [3.05, 3.63) is 58.0 Å². The number of phenols is 1. The summed E-state index contributed by atoms with van der Waals surface area (Å²) in [6, 6.07) is 9.19. The molecule has 0 aliphatic heterocycles. The van der Waals surface area contributed by atoms with Crippen LogP contribution in [0.3, 0.4) is 0 Å². The van der Waals surface area contributed by atoms with E-state index in [9.17, 15) is 9.90 Å². The molecule has 3 rings (SSSR count). The fourth-order valence-electron chi connectivity index (χ4n) is 2.67. The van der Waals surface area contributed by atoms with Crippen LogP contribution in [0.2, 0.25) is 0 Å². The number of aromatic hydroxyl groups is 1. The molecule has 0 bridgehead atoms. The minimum absolute atomic E-state index is 0.0185. The summed E-state index contributed by atoms with van der Waals surface area (Å²) in [6.07, 6.45) is 3.63. The van der Waals surface area contributed by atoms with E-state index in [1.54, 1.807) is 36.0 Å². The third-order valence-electron chi connectivity index (χ3n) is 3.67. The quantitative estimate of drug-likeness (QED) is 0.866. The van der Waals surface area contributed by atoms with Gasteiger partial charge in [-0.3, -0.25) is 4.79 Å². The van der Waals surface area contributed by atoms with Crippen molar-refractivity contribution in [2.75, 3.05) is 5.32 Å². The van der Waals surface area contributed by atoms with E-state index in [1.807, 2.05) is 12.1 Å². The van der Waals surface area contributed by atoms with Gasteiger partial charge in [0.2, 0.25) is 5.56 Å². The maximum absolute atomic E-state index is 11.4. The van der Waals surface area contributed by atoms with Crippen LogP contribution < -0.4 is 10.9 Å². The lowest BCUT2D eigenvalue weighted by atomic mass is 10.1. The largest absolute Gasteiger partial charge is 0.508 e. The predicted molar refractivity (Wildman–Crippen MR) is 74.5 cm³/mol. The Kier molecular flexibility index (Phi) is 2.78. The Labute approximate surface area is 111 Å². The summed E-state index contributed by atoms with van der Waals surface area (Å²) < 4.78 is 1.56. The molecule has 4 nitrogen and oxygen atoms in total. The molecular formula is C15H16N2O2. The molecule has 0 fully saturated rings. The van der Waals surface area contributed by atoms with Crippen molar-refractivity contribution in [3.63, 3.8) is 0 Å². The number of fused-ring (bicyclic) bond motifs is 1. The zero-order valence-corrected chi connectivity index (χ0v) is 10.8. The topological polar surface area (TPSA) is 54.3 Å². The third-order valence-corrected chi connectivity index (χ3v) is 3.67. The number of nitrogens with zero attached hydrogens (tertiary/aromatic N) is 1. The standard InChI is InChI=1S/C15H16N2O2/c1-17-9-10(5-8-15(17)19)16-13-7-6-12-11(13)3-2-4-14(12)18/h2-5,8-9,13,16,18H,6-7H2,1H3. The van der Waals surface area contributed by atoms with E-state index in [1.165, 1.54) is 0 Å². The van der Waals surface area contributed by atoms with Crippen LogP contribution in [0.15, 0.2) is 41.3 Å². The molecule has 1 unspecified atom stereocenters. The smallest absolute Gasteiger partial charge is 0.250 e. The lowest BCUT2D eigenvalue weighted by Gasteiger charge is -2.16. The van der Waals surface area contributed by atoms with Gasteiger partial charge in [-0.1, -0.05) is 12.1 Å². The average Bonchev–Trinajstić information content (AvgIpc) is 2.79. The van der Waals surface area contributed by atoms with Crippen molar-refractivity contribution in [2.24, 2.45) is 7.05 Å². The van der Waals surface area contributed by atoms with Crippen LogP contribution >= 0.6 is 0 Å². The zero-order chi connectivity index (χ0) is 13.4. The molecule has 98 valence electrons. The number of aromatic nitrogens is 1. The van der Waals surface area contributed by atoms with Crippen molar-refractivity contribution >= 4 is 5.69 Å². The van der Waals surface area contributed by atoms with E-state index >= 15 is 0 Å². The normalized spacial score (nSPS) is 17.2. The van der Waals surface area contributed by atoms with Crippen molar-refractivity contribution in [1.82, 2.24) is 4.57 Å². The second-order valence-electron chi connectivity index (χ2n) is 4.95. The highest BCUT2D eigenvalue weighted by Crippen LogP contribution is 2.37. The fraction of sp³-hybridized carbons (Fsp3) is 0.267. The Morgan fingerprint density at radius 3 is 2.95 bits per heavy atom. The number of phenolic OH excluding ortho intramolecular Hbond substituents is 1. The molecule has 0 radical (unpaired) electrons. The van der Waals surface area contributed by atoms with Crippen molar-refractivity contribution in [1.29, 1.82) is 0 Å². The highest BCUT2D eigenvalue weighted by Gasteiger charge is 2.24. The first-order valence-electron chi connectivity index (χ1n) is 6.39. The van der Waals surface area contributed by atoms with Gasteiger partial charge in [-0.25, -0.2) is 0 Å². The van der Waals surface area contributed by atoms with E-state index < -0.39 is 0 Å². The molecule has 0 saturated heterocycles. The summed E-state index contributed by atoms with van der Waals surface area (Å²) in [4.78, 5) is 11.4. The summed E-state index contributed by atoms with van der Waals surface area (Å²) in [5.74, 6) is 0.377. The molecular weight excluding hydrogens is 240 g/mol. The lowest BCUT2D eigenvalue weighted by Crippen LogP contribution is -2.16. The van der Waals surface area contributed by atoms with E-state index in [0.717, 1.165) is 29.7 Å². The van der Waals surface area contributed by atoms with E-state index in [0.29, 0.717) is 5.75 Å². The van der Waals surface area contributed by atoms with Gasteiger partial charge in [-0.05, 0) is 36.1 Å². The molecule has 1 atom stereocenters. The van der Waals surface area contributed by atoms with Gasteiger partial charge in [0.1, 0.15) is 5.75 Å². The summed E-state index contributed by atoms with van der Waals surface area (Å²) in [7, 11) is 1.74. The number of pyridine rings is 1. The molecule has 4 heteroatoms. The van der Waals surface area contributed by atoms with Crippen molar-refractivity contribution in [3.8, 4) is 5.75 Å². The van der Waals surface area contributed by atoms with Gasteiger partial charge in [-0.2, -0.15) is 0 Å². The molecule has 0 spiro atoms. The van der Waals surface area contributed by atoms with Crippen LogP contribution in [-0.2, 0) is 13.5 Å². The van der Waals surface area contributed by atoms with Crippen LogP contribution in [-0.4, -0.2) is 9.67 Å². The van der Waals surface area contributed by atoms with E-state index in [4.69, 9.17) is 0 Å². The molecule has 2 N–H and O–H groups in total. The van der Waals surface area contributed by atoms with Gasteiger partial charge in [-0.15, -0.1) is 0 Å². The first-order chi connectivity index (χ1) is 9.15. The molecule has 1 aliphatic rings. The van der Waals surface area contributed by atoms with Gasteiger partial charge >= 0.3 is 0 Å². The fourth-order valence-corrected chi connectivity index (χ4v) is 2.67. The number of nitrogens with one attached hydrogen (secondary N) is 1. The third kappa shape index (κ3) is 2.10. The Hall–Kier alpha value is -2.23. The first-order valence-corrected chi connectivity index (χ1v) is 6.39. The lowest BCUT2D eigenvalue weighted by molar-refractivity contribution is 0.469. The van der Waals surface area contributed by atoms with Gasteiger partial charge in [0.05, 0.1) is 11.7 Å².